The fraction of sp³-hybridized carbons (Fsp3) is 0.0625. The smallest absolute Gasteiger partial charge is 0.195 e. The molecule has 2 aromatic carbocycles. The number of aromatic nitrogens is 1. The first-order valence-corrected chi connectivity index (χ1v) is 6.41. The molecule has 0 spiro atoms. The summed E-state index contributed by atoms with van der Waals surface area (Å²) in [7, 11) is 0. The SMILES string of the molecule is Cc1ccc(C(=O)c2c[nH]c3ccccc23)cc1Cl. The maximum Gasteiger partial charge on any atom is 0.195 e. The lowest BCUT2D eigenvalue weighted by atomic mass is 10.0. The van der Waals surface area contributed by atoms with E-state index in [4.69, 9.17) is 11.6 Å². The Labute approximate surface area is 116 Å². The van der Waals surface area contributed by atoms with Gasteiger partial charge in [0.25, 0.3) is 0 Å². The topological polar surface area (TPSA) is 32.9 Å². The number of hydrogen-bond donors (Lipinski definition) is 1. The van der Waals surface area contributed by atoms with E-state index in [0.29, 0.717) is 16.1 Å². The number of rotatable bonds is 2. The number of benzene rings is 2. The summed E-state index contributed by atoms with van der Waals surface area (Å²) in [5, 5.41) is 1.55. The van der Waals surface area contributed by atoms with Gasteiger partial charge in [-0.2, -0.15) is 0 Å². The average molecular weight is 270 g/mol. The number of aromatic amines is 1. The van der Waals surface area contributed by atoms with Gasteiger partial charge in [-0.3, -0.25) is 4.79 Å². The quantitative estimate of drug-likeness (QED) is 0.689. The number of nitrogens with one attached hydrogen (secondary N) is 1. The second kappa shape index (κ2) is 4.56. The zero-order chi connectivity index (χ0) is 13.4. The maximum absolute atomic E-state index is 12.5. The van der Waals surface area contributed by atoms with Crippen molar-refractivity contribution in [3.8, 4) is 0 Å². The Morgan fingerprint density at radius 1 is 1.16 bits per heavy atom. The van der Waals surface area contributed by atoms with Gasteiger partial charge in [0, 0.05) is 33.2 Å². The lowest BCUT2D eigenvalue weighted by molar-refractivity contribution is 0.104. The Balaban J connectivity index is 2.11. The summed E-state index contributed by atoms with van der Waals surface area (Å²) in [6.45, 7) is 1.92. The summed E-state index contributed by atoms with van der Waals surface area (Å²) in [5.74, 6) is -0.0145. The Morgan fingerprint density at radius 2 is 1.95 bits per heavy atom. The van der Waals surface area contributed by atoms with Gasteiger partial charge in [0.2, 0.25) is 0 Å². The first-order valence-electron chi connectivity index (χ1n) is 6.04. The van der Waals surface area contributed by atoms with Crippen LogP contribution in [0.15, 0.2) is 48.7 Å². The Hall–Kier alpha value is -2.06. The third-order valence-corrected chi connectivity index (χ3v) is 3.68. The number of carbonyl (C=O) groups excluding carboxylic acids is 1. The predicted molar refractivity (Wildman–Crippen MR) is 77.9 cm³/mol. The highest BCUT2D eigenvalue weighted by Gasteiger charge is 2.14. The lowest BCUT2D eigenvalue weighted by Crippen LogP contribution is -2.00. The van der Waals surface area contributed by atoms with Crippen LogP contribution in [0.3, 0.4) is 0 Å². The molecule has 0 aliphatic rings. The molecule has 2 nitrogen and oxygen atoms in total. The van der Waals surface area contributed by atoms with Gasteiger partial charge in [0.15, 0.2) is 5.78 Å². The van der Waals surface area contributed by atoms with Crippen LogP contribution in [0.1, 0.15) is 21.5 Å². The van der Waals surface area contributed by atoms with Crippen LogP contribution in [0, 0.1) is 6.92 Å². The van der Waals surface area contributed by atoms with Gasteiger partial charge in [-0.25, -0.2) is 0 Å². The molecule has 1 heterocycles. The Kier molecular flexibility index (Phi) is 2.88. The molecule has 94 valence electrons. The number of carbonyl (C=O) groups is 1. The molecular weight excluding hydrogens is 258 g/mol. The van der Waals surface area contributed by atoms with Crippen molar-refractivity contribution in [2.24, 2.45) is 0 Å². The molecule has 0 amide bonds. The molecule has 0 unspecified atom stereocenters. The van der Waals surface area contributed by atoms with E-state index < -0.39 is 0 Å². The summed E-state index contributed by atoms with van der Waals surface area (Å²) in [5.41, 5.74) is 3.22. The third kappa shape index (κ3) is 2.04. The lowest BCUT2D eigenvalue weighted by Gasteiger charge is -2.02. The van der Waals surface area contributed by atoms with Gasteiger partial charge in [0.1, 0.15) is 0 Å². The van der Waals surface area contributed by atoms with Crippen LogP contribution in [0.5, 0.6) is 0 Å². The van der Waals surface area contributed by atoms with Gasteiger partial charge in [0.05, 0.1) is 0 Å². The highest BCUT2D eigenvalue weighted by atomic mass is 35.5. The second-order valence-corrected chi connectivity index (χ2v) is 4.95. The van der Waals surface area contributed by atoms with Crippen LogP contribution in [0.2, 0.25) is 5.02 Å². The van der Waals surface area contributed by atoms with Gasteiger partial charge < -0.3 is 4.98 Å². The molecular formula is C16H12ClNO. The third-order valence-electron chi connectivity index (χ3n) is 3.27. The first kappa shape index (κ1) is 12.0. The van der Waals surface area contributed by atoms with E-state index in [1.807, 2.05) is 43.3 Å². The summed E-state index contributed by atoms with van der Waals surface area (Å²) in [4.78, 5) is 15.6. The van der Waals surface area contributed by atoms with Crippen LogP contribution in [-0.2, 0) is 0 Å². The summed E-state index contributed by atoms with van der Waals surface area (Å²) < 4.78 is 0. The molecule has 0 bridgehead atoms. The van der Waals surface area contributed by atoms with Crippen molar-refractivity contribution in [2.75, 3.05) is 0 Å². The largest absolute Gasteiger partial charge is 0.360 e. The molecule has 0 saturated carbocycles. The molecule has 0 aliphatic carbocycles. The maximum atomic E-state index is 12.5. The molecule has 3 aromatic rings. The number of fused-ring (bicyclic) bond motifs is 1. The molecule has 0 atom stereocenters. The van der Waals surface area contributed by atoms with E-state index >= 15 is 0 Å². The molecule has 1 N–H and O–H groups in total. The van der Waals surface area contributed by atoms with Gasteiger partial charge in [-0.1, -0.05) is 41.9 Å². The molecule has 0 aliphatic heterocycles. The van der Waals surface area contributed by atoms with Crippen molar-refractivity contribution in [3.63, 3.8) is 0 Å². The van der Waals surface area contributed by atoms with Crippen LogP contribution in [-0.4, -0.2) is 10.8 Å². The number of aryl methyl sites for hydroxylation is 1. The summed E-state index contributed by atoms with van der Waals surface area (Å²) in [6, 6.07) is 13.2. The van der Waals surface area contributed by atoms with Gasteiger partial charge >= 0.3 is 0 Å². The minimum absolute atomic E-state index is 0.0145. The summed E-state index contributed by atoms with van der Waals surface area (Å²) >= 11 is 6.08. The van der Waals surface area contributed by atoms with Gasteiger partial charge in [-0.05, 0) is 24.6 Å². The van der Waals surface area contributed by atoms with E-state index in [1.54, 1.807) is 12.3 Å². The van der Waals surface area contributed by atoms with Crippen molar-refractivity contribution >= 4 is 28.3 Å². The average Bonchev–Trinajstić information content (AvgIpc) is 2.85. The second-order valence-electron chi connectivity index (χ2n) is 4.54. The Bertz CT molecular complexity index is 773. The monoisotopic (exact) mass is 269 g/mol. The number of hydrogen-bond acceptors (Lipinski definition) is 1. The van der Waals surface area contributed by atoms with Crippen LogP contribution in [0.4, 0.5) is 0 Å². The highest BCUT2D eigenvalue weighted by Crippen LogP contribution is 2.23. The highest BCUT2D eigenvalue weighted by molar-refractivity contribution is 6.32. The van der Waals surface area contributed by atoms with Gasteiger partial charge in [-0.15, -0.1) is 0 Å². The van der Waals surface area contributed by atoms with Crippen LogP contribution in [0.25, 0.3) is 10.9 Å². The standard InChI is InChI=1S/C16H12ClNO/c1-10-6-7-11(8-14(10)17)16(19)13-9-18-15-5-3-2-4-12(13)15/h2-9,18H,1H3. The van der Waals surface area contributed by atoms with E-state index in [0.717, 1.165) is 16.5 Å². The van der Waals surface area contributed by atoms with Crippen molar-refractivity contribution in [3.05, 3.63) is 70.4 Å². The van der Waals surface area contributed by atoms with E-state index in [2.05, 4.69) is 4.98 Å². The predicted octanol–water partition coefficient (Wildman–Crippen LogP) is 4.36. The number of halogens is 1. The fourth-order valence-corrected chi connectivity index (χ4v) is 2.33. The molecule has 1 aromatic heterocycles. The van der Waals surface area contributed by atoms with E-state index in [-0.39, 0.29) is 5.78 Å². The summed E-state index contributed by atoms with van der Waals surface area (Å²) in [6.07, 6.45) is 1.75. The van der Waals surface area contributed by atoms with Crippen molar-refractivity contribution in [1.82, 2.24) is 4.98 Å². The van der Waals surface area contributed by atoms with E-state index in [9.17, 15) is 4.79 Å². The first-order chi connectivity index (χ1) is 9.16. The number of H-pyrrole nitrogens is 1. The minimum Gasteiger partial charge on any atom is -0.360 e. The molecule has 3 rings (SSSR count). The molecule has 0 saturated heterocycles. The Morgan fingerprint density at radius 3 is 2.74 bits per heavy atom. The normalized spacial score (nSPS) is 10.8. The number of ketones is 1. The molecule has 19 heavy (non-hydrogen) atoms. The van der Waals surface area contributed by atoms with Crippen molar-refractivity contribution in [1.29, 1.82) is 0 Å². The molecule has 3 heteroatoms. The fourth-order valence-electron chi connectivity index (χ4n) is 2.15. The number of para-hydroxylation sites is 1. The van der Waals surface area contributed by atoms with E-state index in [1.165, 1.54) is 0 Å². The molecule has 0 radical (unpaired) electrons. The molecule has 0 fully saturated rings. The zero-order valence-corrected chi connectivity index (χ0v) is 11.2. The van der Waals surface area contributed by atoms with Crippen molar-refractivity contribution < 1.29 is 4.79 Å². The van der Waals surface area contributed by atoms with Crippen LogP contribution < -0.4 is 0 Å². The van der Waals surface area contributed by atoms with Crippen LogP contribution >= 0.6 is 11.6 Å². The zero-order valence-electron chi connectivity index (χ0n) is 10.4. The van der Waals surface area contributed by atoms with Crippen molar-refractivity contribution in [2.45, 2.75) is 6.92 Å². The minimum atomic E-state index is -0.0145.